The van der Waals surface area contributed by atoms with Crippen molar-refractivity contribution in [2.45, 2.75) is 13.3 Å². The molecule has 1 fully saturated rings. The van der Waals surface area contributed by atoms with E-state index in [0.717, 1.165) is 40.3 Å². The zero-order valence-corrected chi connectivity index (χ0v) is 19.3. The molecule has 1 aliphatic carbocycles. The Hall–Kier alpha value is -4.32. The first-order valence-corrected chi connectivity index (χ1v) is 11.6. The Kier molecular flexibility index (Phi) is 4.95. The smallest absolute Gasteiger partial charge is 0.312 e. The van der Waals surface area contributed by atoms with Gasteiger partial charge >= 0.3 is 5.97 Å². The molecule has 4 aromatic rings. The number of allylic oxidation sites excluding steroid dienone is 1. The van der Waals surface area contributed by atoms with E-state index in [-0.39, 0.29) is 0 Å². The highest BCUT2D eigenvalue weighted by Gasteiger charge is 2.47. The van der Waals surface area contributed by atoms with E-state index >= 15 is 0 Å². The van der Waals surface area contributed by atoms with Crippen molar-refractivity contribution >= 4 is 18.1 Å². The lowest BCUT2D eigenvalue weighted by atomic mass is 9.82. The number of hydrogen-bond donors (Lipinski definition) is 1. The van der Waals surface area contributed by atoms with Gasteiger partial charge < -0.3 is 19.2 Å². The lowest BCUT2D eigenvalue weighted by Gasteiger charge is -2.43. The minimum absolute atomic E-state index is 0.360. The topological polar surface area (TPSA) is 75.8 Å². The molecule has 2 aliphatic rings. The molecule has 6 rings (SSSR count). The first-order chi connectivity index (χ1) is 17.0. The molecule has 35 heavy (non-hydrogen) atoms. The average Bonchev–Trinajstić information content (AvgIpc) is 3.50. The molecule has 174 valence electrons. The number of oxazole rings is 1. The highest BCUT2D eigenvalue weighted by molar-refractivity contribution is 5.86. The Bertz CT molecular complexity index is 1430. The van der Waals surface area contributed by atoms with Crippen molar-refractivity contribution in [1.29, 1.82) is 0 Å². The summed E-state index contributed by atoms with van der Waals surface area (Å²) in [6.45, 7) is 2.47. The summed E-state index contributed by atoms with van der Waals surface area (Å²) in [6.07, 6.45) is 5.17. The summed E-state index contributed by atoms with van der Waals surface area (Å²) in [6, 6.07) is 24.1. The number of hydrogen-bond acceptors (Lipinski definition) is 5. The van der Waals surface area contributed by atoms with Gasteiger partial charge in [0, 0.05) is 24.2 Å². The van der Waals surface area contributed by atoms with Crippen LogP contribution in [0, 0.1) is 5.41 Å². The second-order valence-electron chi connectivity index (χ2n) is 9.32. The second kappa shape index (κ2) is 8.17. The highest BCUT2D eigenvalue weighted by atomic mass is 16.5. The third-order valence-electron chi connectivity index (χ3n) is 6.65. The highest BCUT2D eigenvalue weighted by Crippen LogP contribution is 2.42. The van der Waals surface area contributed by atoms with Gasteiger partial charge in [-0.05, 0) is 60.9 Å². The number of anilines is 1. The van der Waals surface area contributed by atoms with E-state index in [1.807, 2.05) is 71.6 Å². The maximum Gasteiger partial charge on any atom is 0.312 e. The van der Waals surface area contributed by atoms with Crippen LogP contribution in [-0.2, 0) is 11.2 Å². The molecule has 0 amide bonds. The summed E-state index contributed by atoms with van der Waals surface area (Å²) in [5.74, 6) is 1.38. The van der Waals surface area contributed by atoms with Gasteiger partial charge in [-0.2, -0.15) is 4.98 Å². The van der Waals surface area contributed by atoms with Gasteiger partial charge in [0.15, 0.2) is 5.76 Å². The Morgan fingerprint density at radius 1 is 1.00 bits per heavy atom. The molecule has 1 aromatic heterocycles. The van der Waals surface area contributed by atoms with Crippen molar-refractivity contribution in [3.63, 3.8) is 0 Å². The predicted octanol–water partition coefficient (Wildman–Crippen LogP) is 6.28. The van der Waals surface area contributed by atoms with Gasteiger partial charge in [-0.15, -0.1) is 0 Å². The molecule has 1 saturated heterocycles. The molecule has 0 atom stereocenters. The fraction of sp³-hybridized carbons (Fsp3) is 0.172. The van der Waals surface area contributed by atoms with Crippen molar-refractivity contribution < 1.29 is 19.1 Å². The van der Waals surface area contributed by atoms with Crippen molar-refractivity contribution in [2.24, 2.45) is 5.41 Å². The Morgan fingerprint density at radius 3 is 2.49 bits per heavy atom. The number of fused-ring (bicyclic) bond motifs is 1. The minimum atomic E-state index is -0.805. The molecule has 0 radical (unpaired) electrons. The van der Waals surface area contributed by atoms with Crippen LogP contribution in [0.3, 0.4) is 0 Å². The van der Waals surface area contributed by atoms with E-state index in [1.54, 1.807) is 6.92 Å². The summed E-state index contributed by atoms with van der Waals surface area (Å²) in [4.78, 5) is 18.3. The maximum atomic E-state index is 11.6. The van der Waals surface area contributed by atoms with E-state index in [0.29, 0.717) is 24.9 Å². The molecule has 1 N–H and O–H groups in total. The van der Waals surface area contributed by atoms with Crippen LogP contribution in [0.25, 0.3) is 28.7 Å². The molecule has 0 unspecified atom stereocenters. The quantitative estimate of drug-likeness (QED) is 0.362. The molecule has 6 heteroatoms. The largest absolute Gasteiger partial charge is 0.481 e. The summed E-state index contributed by atoms with van der Waals surface area (Å²) in [5, 5.41) is 9.51. The maximum absolute atomic E-state index is 11.6. The number of carbonyl (C=O) groups is 1. The first-order valence-electron chi connectivity index (χ1n) is 11.6. The number of ether oxygens (including phenoxy) is 1. The number of nitrogens with zero attached hydrogens (tertiary/aromatic N) is 2. The third kappa shape index (κ3) is 3.77. The van der Waals surface area contributed by atoms with Crippen LogP contribution in [0.15, 0.2) is 83.3 Å². The SMILES string of the molecule is CC1(C(=O)O)CN(c2nc(-c3ccc(Oc4ccccc4)cc3)c(-c3cccc4c3C=CC4)o2)C1. The summed E-state index contributed by atoms with van der Waals surface area (Å²) >= 11 is 0. The van der Waals surface area contributed by atoms with E-state index in [9.17, 15) is 9.90 Å². The van der Waals surface area contributed by atoms with E-state index in [2.05, 4.69) is 18.2 Å². The first kappa shape index (κ1) is 21.2. The Labute approximate surface area is 203 Å². The van der Waals surface area contributed by atoms with Gasteiger partial charge in [0.25, 0.3) is 6.01 Å². The number of carboxylic acids is 1. The lowest BCUT2D eigenvalue weighted by Crippen LogP contribution is -2.59. The van der Waals surface area contributed by atoms with Crippen molar-refractivity contribution in [2.75, 3.05) is 18.0 Å². The number of rotatable bonds is 6. The molecule has 0 bridgehead atoms. The minimum Gasteiger partial charge on any atom is -0.481 e. The molecule has 0 spiro atoms. The van der Waals surface area contributed by atoms with Gasteiger partial charge in [-0.3, -0.25) is 4.79 Å². The van der Waals surface area contributed by atoms with Crippen LogP contribution in [0.5, 0.6) is 11.5 Å². The number of aliphatic carboxylic acids is 1. The molecule has 3 aromatic carbocycles. The van der Waals surface area contributed by atoms with Crippen LogP contribution in [0.2, 0.25) is 0 Å². The van der Waals surface area contributed by atoms with E-state index in [4.69, 9.17) is 14.1 Å². The zero-order chi connectivity index (χ0) is 24.0. The van der Waals surface area contributed by atoms with Crippen molar-refractivity contribution in [3.05, 3.63) is 90.0 Å². The lowest BCUT2D eigenvalue weighted by molar-refractivity contribution is -0.149. The third-order valence-corrected chi connectivity index (χ3v) is 6.65. The van der Waals surface area contributed by atoms with Gasteiger partial charge in [0.1, 0.15) is 22.6 Å². The zero-order valence-electron chi connectivity index (χ0n) is 19.3. The Morgan fingerprint density at radius 2 is 1.74 bits per heavy atom. The monoisotopic (exact) mass is 464 g/mol. The Balaban J connectivity index is 1.38. The fourth-order valence-electron chi connectivity index (χ4n) is 4.68. The van der Waals surface area contributed by atoms with Crippen LogP contribution in [0.4, 0.5) is 6.01 Å². The summed E-state index contributed by atoms with van der Waals surface area (Å²) in [5.41, 5.74) is 4.21. The van der Waals surface area contributed by atoms with E-state index < -0.39 is 11.4 Å². The molecule has 1 aliphatic heterocycles. The average molecular weight is 465 g/mol. The number of carboxylic acid groups (broad SMARTS) is 1. The molecular weight excluding hydrogens is 440 g/mol. The second-order valence-corrected chi connectivity index (χ2v) is 9.32. The van der Waals surface area contributed by atoms with Gasteiger partial charge in [0.2, 0.25) is 0 Å². The standard InChI is InChI=1S/C29H24N2O4/c1-29(27(32)33)17-31(18-29)28-30-25(26(35-28)24-12-6-8-19-7-5-11-23(19)24)20-13-15-22(16-14-20)34-21-9-3-2-4-10-21/h2-6,8-16H,7,17-18H2,1H3,(H,32,33). The van der Waals surface area contributed by atoms with E-state index in [1.165, 1.54) is 5.56 Å². The summed E-state index contributed by atoms with van der Waals surface area (Å²) < 4.78 is 12.3. The number of aromatic nitrogens is 1. The van der Waals surface area contributed by atoms with Crippen LogP contribution in [-0.4, -0.2) is 29.1 Å². The molecular formula is C29H24N2O4. The molecule has 0 saturated carbocycles. The fourth-order valence-corrected chi connectivity index (χ4v) is 4.68. The van der Waals surface area contributed by atoms with Crippen LogP contribution < -0.4 is 9.64 Å². The van der Waals surface area contributed by atoms with Crippen molar-refractivity contribution in [1.82, 2.24) is 4.98 Å². The van der Waals surface area contributed by atoms with Crippen molar-refractivity contribution in [3.8, 4) is 34.1 Å². The predicted molar refractivity (Wildman–Crippen MR) is 135 cm³/mol. The molecule has 6 nitrogen and oxygen atoms in total. The number of para-hydroxylation sites is 1. The normalized spacial score (nSPS) is 15.5. The number of benzene rings is 3. The van der Waals surface area contributed by atoms with Gasteiger partial charge in [-0.25, -0.2) is 0 Å². The van der Waals surface area contributed by atoms with Crippen LogP contribution in [0.1, 0.15) is 18.1 Å². The molecule has 2 heterocycles. The van der Waals surface area contributed by atoms with Crippen LogP contribution >= 0.6 is 0 Å². The summed E-state index contributed by atoms with van der Waals surface area (Å²) in [7, 11) is 0. The van der Waals surface area contributed by atoms with Gasteiger partial charge in [-0.1, -0.05) is 48.6 Å². The van der Waals surface area contributed by atoms with Gasteiger partial charge in [0.05, 0.1) is 0 Å².